The maximum atomic E-state index is 5.63. The second-order valence-corrected chi connectivity index (χ2v) is 5.48. The molecule has 0 aliphatic heterocycles. The van der Waals surface area contributed by atoms with Crippen LogP contribution < -0.4 is 10.1 Å². The predicted octanol–water partition coefficient (Wildman–Crippen LogP) is 3.13. The fourth-order valence-corrected chi connectivity index (χ4v) is 2.75. The van der Waals surface area contributed by atoms with Gasteiger partial charge < -0.3 is 14.6 Å². The molecule has 0 bridgehead atoms. The van der Waals surface area contributed by atoms with Crippen LogP contribution in [0.2, 0.25) is 0 Å². The molecule has 0 amide bonds. The summed E-state index contributed by atoms with van der Waals surface area (Å²) < 4.78 is 7.69. The lowest BCUT2D eigenvalue weighted by Gasteiger charge is -2.23. The average Bonchev–Trinajstić information content (AvgIpc) is 2.86. The van der Waals surface area contributed by atoms with Gasteiger partial charge in [0.15, 0.2) is 0 Å². The Balaban J connectivity index is 2.54. The Bertz CT molecular complexity index is 604. The summed E-state index contributed by atoms with van der Waals surface area (Å²) in [6, 6.07) is 4.33. The predicted molar refractivity (Wildman–Crippen MR) is 85.8 cm³/mol. The molecule has 0 saturated carbocycles. The molecule has 1 unspecified atom stereocenters. The molecule has 1 atom stereocenters. The van der Waals surface area contributed by atoms with E-state index in [2.05, 4.69) is 47.8 Å². The Morgan fingerprint density at radius 3 is 2.67 bits per heavy atom. The molecule has 2 rings (SSSR count). The van der Waals surface area contributed by atoms with Gasteiger partial charge in [0.25, 0.3) is 0 Å². The first-order valence-electron chi connectivity index (χ1n) is 7.44. The molecule has 0 spiro atoms. The lowest BCUT2D eigenvalue weighted by molar-refractivity contribution is 0.400. The molecule has 0 aliphatic carbocycles. The monoisotopic (exact) mass is 287 g/mol. The van der Waals surface area contributed by atoms with Crippen molar-refractivity contribution in [2.24, 2.45) is 7.05 Å². The number of imidazole rings is 1. The zero-order chi connectivity index (χ0) is 15.4. The molecule has 2 aromatic rings. The minimum atomic E-state index is 0.0421. The Morgan fingerprint density at radius 1 is 1.33 bits per heavy atom. The van der Waals surface area contributed by atoms with E-state index in [9.17, 15) is 0 Å². The van der Waals surface area contributed by atoms with Crippen LogP contribution in [-0.2, 0) is 7.05 Å². The van der Waals surface area contributed by atoms with Gasteiger partial charge in [-0.05, 0) is 44.0 Å². The Hall–Kier alpha value is -1.81. The van der Waals surface area contributed by atoms with E-state index in [0.29, 0.717) is 0 Å². The SMILES string of the molecule is CCCNC(c1c(C)cc(C)cc1OC)c1nccn1C. The van der Waals surface area contributed by atoms with Crippen molar-refractivity contribution in [1.82, 2.24) is 14.9 Å². The molecule has 0 fully saturated rings. The maximum Gasteiger partial charge on any atom is 0.130 e. The van der Waals surface area contributed by atoms with Gasteiger partial charge in [-0.1, -0.05) is 13.0 Å². The van der Waals surface area contributed by atoms with Crippen molar-refractivity contribution in [2.45, 2.75) is 33.2 Å². The summed E-state index contributed by atoms with van der Waals surface area (Å²) in [5, 5.41) is 3.60. The van der Waals surface area contributed by atoms with Gasteiger partial charge in [-0.2, -0.15) is 0 Å². The highest BCUT2D eigenvalue weighted by Crippen LogP contribution is 2.33. The molecule has 4 nitrogen and oxygen atoms in total. The second kappa shape index (κ2) is 6.76. The smallest absolute Gasteiger partial charge is 0.130 e. The molecule has 1 aromatic heterocycles. The number of ether oxygens (including phenoxy) is 1. The van der Waals surface area contributed by atoms with Crippen LogP contribution in [0.5, 0.6) is 5.75 Å². The van der Waals surface area contributed by atoms with Gasteiger partial charge in [-0.15, -0.1) is 0 Å². The fourth-order valence-electron chi connectivity index (χ4n) is 2.75. The first kappa shape index (κ1) is 15.6. The largest absolute Gasteiger partial charge is 0.496 e. The van der Waals surface area contributed by atoms with Crippen LogP contribution in [0.1, 0.15) is 41.9 Å². The van der Waals surface area contributed by atoms with E-state index in [1.54, 1.807) is 7.11 Å². The minimum Gasteiger partial charge on any atom is -0.496 e. The quantitative estimate of drug-likeness (QED) is 0.887. The van der Waals surface area contributed by atoms with E-state index in [-0.39, 0.29) is 6.04 Å². The third-order valence-electron chi connectivity index (χ3n) is 3.72. The normalized spacial score (nSPS) is 12.4. The molecule has 0 aliphatic rings. The lowest BCUT2D eigenvalue weighted by atomic mass is 9.97. The first-order valence-corrected chi connectivity index (χ1v) is 7.44. The van der Waals surface area contributed by atoms with Crippen molar-refractivity contribution in [1.29, 1.82) is 0 Å². The highest BCUT2D eigenvalue weighted by atomic mass is 16.5. The van der Waals surface area contributed by atoms with Gasteiger partial charge in [0.1, 0.15) is 11.6 Å². The second-order valence-electron chi connectivity index (χ2n) is 5.48. The van der Waals surface area contributed by atoms with Crippen molar-refractivity contribution in [3.63, 3.8) is 0 Å². The molecule has 1 heterocycles. The van der Waals surface area contributed by atoms with Gasteiger partial charge in [-0.3, -0.25) is 0 Å². The van der Waals surface area contributed by atoms with Crippen molar-refractivity contribution in [2.75, 3.05) is 13.7 Å². The first-order chi connectivity index (χ1) is 10.1. The van der Waals surface area contributed by atoms with Gasteiger partial charge in [0, 0.05) is 25.0 Å². The highest BCUT2D eigenvalue weighted by Gasteiger charge is 2.23. The van der Waals surface area contributed by atoms with Crippen LogP contribution in [0.3, 0.4) is 0 Å². The zero-order valence-electron chi connectivity index (χ0n) is 13.6. The number of methoxy groups -OCH3 is 1. The molecule has 0 radical (unpaired) electrons. The van der Waals surface area contributed by atoms with Crippen LogP contribution >= 0.6 is 0 Å². The Kier molecular flexibility index (Phi) is 5.02. The van der Waals surface area contributed by atoms with Crippen LogP contribution in [0.25, 0.3) is 0 Å². The zero-order valence-corrected chi connectivity index (χ0v) is 13.6. The van der Waals surface area contributed by atoms with E-state index >= 15 is 0 Å². The van der Waals surface area contributed by atoms with Gasteiger partial charge in [0.05, 0.1) is 13.2 Å². The number of aryl methyl sites for hydroxylation is 3. The number of hydrogen-bond donors (Lipinski definition) is 1. The Labute approximate surface area is 127 Å². The molecular weight excluding hydrogens is 262 g/mol. The summed E-state index contributed by atoms with van der Waals surface area (Å²) in [5.74, 6) is 1.93. The Morgan fingerprint density at radius 2 is 2.10 bits per heavy atom. The summed E-state index contributed by atoms with van der Waals surface area (Å²) in [6.07, 6.45) is 4.89. The van der Waals surface area contributed by atoms with Crippen LogP contribution in [0, 0.1) is 13.8 Å². The van der Waals surface area contributed by atoms with Crippen molar-refractivity contribution >= 4 is 0 Å². The number of aromatic nitrogens is 2. The maximum absolute atomic E-state index is 5.63. The van der Waals surface area contributed by atoms with Gasteiger partial charge >= 0.3 is 0 Å². The standard InChI is InChI=1S/C17H25N3O/c1-6-7-18-16(17-19-8-9-20(17)4)15-13(3)10-12(2)11-14(15)21-5/h8-11,16,18H,6-7H2,1-5H3. The molecule has 1 aromatic carbocycles. The van der Waals surface area contributed by atoms with E-state index in [4.69, 9.17) is 4.74 Å². The van der Waals surface area contributed by atoms with E-state index in [1.165, 1.54) is 16.7 Å². The van der Waals surface area contributed by atoms with Crippen LogP contribution in [0.4, 0.5) is 0 Å². The van der Waals surface area contributed by atoms with E-state index in [1.807, 2.05) is 19.4 Å². The van der Waals surface area contributed by atoms with E-state index in [0.717, 1.165) is 24.5 Å². The number of rotatable bonds is 6. The topological polar surface area (TPSA) is 39.1 Å². The average molecular weight is 287 g/mol. The molecule has 114 valence electrons. The summed E-state index contributed by atoms with van der Waals surface area (Å²) >= 11 is 0. The molecule has 21 heavy (non-hydrogen) atoms. The van der Waals surface area contributed by atoms with Crippen molar-refractivity contribution in [3.05, 3.63) is 47.0 Å². The molecule has 1 N–H and O–H groups in total. The third-order valence-corrected chi connectivity index (χ3v) is 3.72. The minimum absolute atomic E-state index is 0.0421. The molecule has 0 saturated heterocycles. The summed E-state index contributed by atoms with van der Waals surface area (Å²) in [6.45, 7) is 7.33. The lowest BCUT2D eigenvalue weighted by Crippen LogP contribution is -2.27. The third kappa shape index (κ3) is 3.27. The molecular formula is C17H25N3O. The van der Waals surface area contributed by atoms with Crippen LogP contribution in [0.15, 0.2) is 24.5 Å². The number of nitrogens with one attached hydrogen (secondary N) is 1. The van der Waals surface area contributed by atoms with Crippen molar-refractivity contribution in [3.8, 4) is 5.75 Å². The van der Waals surface area contributed by atoms with Gasteiger partial charge in [0.2, 0.25) is 0 Å². The summed E-state index contributed by atoms with van der Waals surface area (Å²) in [7, 11) is 3.76. The van der Waals surface area contributed by atoms with Crippen molar-refractivity contribution < 1.29 is 4.74 Å². The highest BCUT2D eigenvalue weighted by molar-refractivity contribution is 5.47. The molecule has 4 heteroatoms. The van der Waals surface area contributed by atoms with E-state index < -0.39 is 0 Å². The summed E-state index contributed by atoms with van der Waals surface area (Å²) in [5.41, 5.74) is 3.61. The summed E-state index contributed by atoms with van der Waals surface area (Å²) in [4.78, 5) is 4.53. The van der Waals surface area contributed by atoms with Crippen LogP contribution in [-0.4, -0.2) is 23.2 Å². The number of nitrogens with zero attached hydrogens (tertiary/aromatic N) is 2. The number of benzene rings is 1. The fraction of sp³-hybridized carbons (Fsp3) is 0.471. The number of hydrogen-bond acceptors (Lipinski definition) is 3. The van der Waals surface area contributed by atoms with Gasteiger partial charge in [-0.25, -0.2) is 4.98 Å².